The molecule has 1 rings (SSSR count). The number of anilines is 1. The summed E-state index contributed by atoms with van der Waals surface area (Å²) >= 11 is 1.38. The molecule has 0 saturated heterocycles. The number of aryl methyl sites for hydroxylation is 1. The highest BCUT2D eigenvalue weighted by Gasteiger charge is 2.27. The summed E-state index contributed by atoms with van der Waals surface area (Å²) in [5.41, 5.74) is -0.453. The predicted molar refractivity (Wildman–Crippen MR) is 74.6 cm³/mol. The van der Waals surface area contributed by atoms with Crippen LogP contribution < -0.4 is 5.32 Å². The van der Waals surface area contributed by atoms with Gasteiger partial charge in [-0.15, -0.1) is 11.3 Å². The summed E-state index contributed by atoms with van der Waals surface area (Å²) in [7, 11) is 0. The number of hydrogen-bond donors (Lipinski definition) is 2. The minimum absolute atomic E-state index is 0.0818. The number of thiazole rings is 1. The van der Waals surface area contributed by atoms with Crippen LogP contribution in [-0.4, -0.2) is 39.1 Å². The maximum atomic E-state index is 12.2. The third-order valence-corrected chi connectivity index (χ3v) is 3.27. The second kappa shape index (κ2) is 6.01. The SMILES string of the molecule is Cc1cnc(NC(=O)N(CCC(=O)O)C(C)(C)C)s1. The maximum absolute atomic E-state index is 12.2. The summed E-state index contributed by atoms with van der Waals surface area (Å²) in [6.45, 7) is 7.65. The average molecular weight is 285 g/mol. The molecule has 1 aromatic heterocycles. The van der Waals surface area contributed by atoms with Gasteiger partial charge in [0.05, 0.1) is 6.42 Å². The molecule has 0 atom stereocenters. The molecule has 0 aliphatic rings. The van der Waals surface area contributed by atoms with Gasteiger partial charge in [0, 0.05) is 23.2 Å². The van der Waals surface area contributed by atoms with E-state index in [1.54, 1.807) is 6.20 Å². The molecule has 19 heavy (non-hydrogen) atoms. The van der Waals surface area contributed by atoms with E-state index in [0.29, 0.717) is 5.13 Å². The lowest BCUT2D eigenvalue weighted by Crippen LogP contribution is -2.48. The third-order valence-electron chi connectivity index (χ3n) is 2.44. The average Bonchev–Trinajstić information content (AvgIpc) is 2.61. The standard InChI is InChI=1S/C12H19N3O3S/c1-8-7-13-10(19-8)14-11(18)15(12(2,3)4)6-5-9(16)17/h7H,5-6H2,1-4H3,(H,16,17)(H,13,14,18). The van der Waals surface area contributed by atoms with Gasteiger partial charge in [-0.3, -0.25) is 10.1 Å². The quantitative estimate of drug-likeness (QED) is 0.890. The molecular weight excluding hydrogens is 266 g/mol. The van der Waals surface area contributed by atoms with E-state index in [9.17, 15) is 9.59 Å². The molecule has 0 bridgehead atoms. The Balaban J connectivity index is 2.74. The molecule has 0 aromatic carbocycles. The molecule has 7 heteroatoms. The molecule has 0 aliphatic carbocycles. The Morgan fingerprint density at radius 3 is 2.53 bits per heavy atom. The molecule has 2 amide bonds. The van der Waals surface area contributed by atoms with E-state index in [1.165, 1.54) is 16.2 Å². The van der Waals surface area contributed by atoms with Gasteiger partial charge in [-0.05, 0) is 27.7 Å². The fourth-order valence-corrected chi connectivity index (χ4v) is 2.17. The number of nitrogens with zero attached hydrogens (tertiary/aromatic N) is 2. The zero-order chi connectivity index (χ0) is 14.6. The molecule has 6 nitrogen and oxygen atoms in total. The van der Waals surface area contributed by atoms with Crippen LogP contribution in [0.5, 0.6) is 0 Å². The predicted octanol–water partition coefficient (Wildman–Crippen LogP) is 2.56. The number of urea groups is 1. The Morgan fingerprint density at radius 1 is 1.47 bits per heavy atom. The maximum Gasteiger partial charge on any atom is 0.324 e. The summed E-state index contributed by atoms with van der Waals surface area (Å²) in [6, 6.07) is -0.330. The molecule has 106 valence electrons. The molecule has 0 aliphatic heterocycles. The summed E-state index contributed by atoms with van der Waals surface area (Å²) in [4.78, 5) is 29.4. The highest BCUT2D eigenvalue weighted by Crippen LogP contribution is 2.20. The van der Waals surface area contributed by atoms with Crippen molar-refractivity contribution in [1.82, 2.24) is 9.88 Å². The minimum Gasteiger partial charge on any atom is -0.481 e. The van der Waals surface area contributed by atoms with E-state index in [4.69, 9.17) is 5.11 Å². The lowest BCUT2D eigenvalue weighted by atomic mass is 10.1. The number of carboxylic acid groups (broad SMARTS) is 1. The Labute approximate surface area is 116 Å². The normalized spacial score (nSPS) is 11.2. The van der Waals surface area contributed by atoms with Gasteiger partial charge in [0.1, 0.15) is 0 Å². The first-order chi connectivity index (χ1) is 8.70. The highest BCUT2D eigenvalue weighted by molar-refractivity contribution is 7.15. The summed E-state index contributed by atoms with van der Waals surface area (Å²) < 4.78 is 0. The number of carboxylic acids is 1. The summed E-state index contributed by atoms with van der Waals surface area (Å²) in [5, 5.41) is 11.9. The second-order valence-corrected chi connectivity index (χ2v) is 6.41. The van der Waals surface area contributed by atoms with Crippen molar-refractivity contribution in [3.05, 3.63) is 11.1 Å². The van der Waals surface area contributed by atoms with E-state index < -0.39 is 11.5 Å². The monoisotopic (exact) mass is 285 g/mol. The van der Waals surface area contributed by atoms with Gasteiger partial charge in [0.2, 0.25) is 0 Å². The van der Waals surface area contributed by atoms with Crippen LogP contribution in [0.4, 0.5) is 9.93 Å². The fourth-order valence-electron chi connectivity index (χ4n) is 1.52. The Bertz CT molecular complexity index is 465. The number of nitrogens with one attached hydrogen (secondary N) is 1. The first-order valence-corrected chi connectivity index (χ1v) is 6.74. The zero-order valence-corrected chi connectivity index (χ0v) is 12.4. The van der Waals surface area contributed by atoms with Crippen molar-refractivity contribution in [2.45, 2.75) is 39.7 Å². The number of rotatable bonds is 4. The van der Waals surface area contributed by atoms with Crippen LogP contribution in [-0.2, 0) is 4.79 Å². The molecule has 1 aromatic rings. The van der Waals surface area contributed by atoms with Gasteiger partial charge in [0.25, 0.3) is 0 Å². The largest absolute Gasteiger partial charge is 0.481 e. The number of carbonyl (C=O) groups excluding carboxylic acids is 1. The number of aromatic nitrogens is 1. The van der Waals surface area contributed by atoms with Crippen molar-refractivity contribution in [1.29, 1.82) is 0 Å². The number of carbonyl (C=O) groups is 2. The lowest BCUT2D eigenvalue weighted by molar-refractivity contribution is -0.137. The molecule has 0 spiro atoms. The van der Waals surface area contributed by atoms with Crippen LogP contribution >= 0.6 is 11.3 Å². The van der Waals surface area contributed by atoms with Gasteiger partial charge in [-0.1, -0.05) is 0 Å². The lowest BCUT2D eigenvalue weighted by Gasteiger charge is -2.35. The van der Waals surface area contributed by atoms with Gasteiger partial charge < -0.3 is 10.0 Å². The second-order valence-electron chi connectivity index (χ2n) is 5.17. The van der Waals surface area contributed by atoms with Crippen LogP contribution in [0.3, 0.4) is 0 Å². The minimum atomic E-state index is -0.924. The van der Waals surface area contributed by atoms with Crippen LogP contribution in [0.1, 0.15) is 32.1 Å². The van der Waals surface area contributed by atoms with Crippen molar-refractivity contribution in [2.24, 2.45) is 0 Å². The van der Waals surface area contributed by atoms with E-state index >= 15 is 0 Å². The summed E-state index contributed by atoms with van der Waals surface area (Å²) in [5.74, 6) is -0.924. The zero-order valence-electron chi connectivity index (χ0n) is 11.6. The van der Waals surface area contributed by atoms with Crippen LogP contribution in [0.25, 0.3) is 0 Å². The van der Waals surface area contributed by atoms with Crippen LogP contribution in [0.2, 0.25) is 0 Å². The van der Waals surface area contributed by atoms with Crippen molar-refractivity contribution in [3.8, 4) is 0 Å². The van der Waals surface area contributed by atoms with Crippen molar-refractivity contribution >= 4 is 28.5 Å². The fraction of sp³-hybridized carbons (Fsp3) is 0.583. The summed E-state index contributed by atoms with van der Waals surface area (Å²) in [6.07, 6.45) is 1.60. The van der Waals surface area contributed by atoms with E-state index in [1.807, 2.05) is 27.7 Å². The van der Waals surface area contributed by atoms with Gasteiger partial charge in [-0.2, -0.15) is 0 Å². The molecule has 1 heterocycles. The van der Waals surface area contributed by atoms with Gasteiger partial charge >= 0.3 is 12.0 Å². The third kappa shape index (κ3) is 4.86. The van der Waals surface area contributed by atoms with Crippen molar-refractivity contribution in [2.75, 3.05) is 11.9 Å². The van der Waals surface area contributed by atoms with Gasteiger partial charge in [0.15, 0.2) is 5.13 Å². The first-order valence-electron chi connectivity index (χ1n) is 5.93. The molecule has 0 fully saturated rings. The molecular formula is C12H19N3O3S. The Kier molecular flexibility index (Phi) is 4.88. The molecule has 2 N–H and O–H groups in total. The van der Waals surface area contributed by atoms with Crippen LogP contribution in [0, 0.1) is 6.92 Å². The van der Waals surface area contributed by atoms with E-state index in [-0.39, 0.29) is 19.0 Å². The topological polar surface area (TPSA) is 82.5 Å². The number of hydrogen-bond acceptors (Lipinski definition) is 4. The Morgan fingerprint density at radius 2 is 2.11 bits per heavy atom. The Hall–Kier alpha value is -1.63. The molecule has 0 unspecified atom stereocenters. The molecule has 0 saturated carbocycles. The smallest absolute Gasteiger partial charge is 0.324 e. The number of amides is 2. The highest BCUT2D eigenvalue weighted by atomic mass is 32.1. The van der Waals surface area contributed by atoms with E-state index in [0.717, 1.165) is 4.88 Å². The van der Waals surface area contributed by atoms with Crippen LogP contribution in [0.15, 0.2) is 6.20 Å². The van der Waals surface area contributed by atoms with E-state index in [2.05, 4.69) is 10.3 Å². The number of aliphatic carboxylic acids is 1. The van der Waals surface area contributed by atoms with Crippen molar-refractivity contribution < 1.29 is 14.7 Å². The van der Waals surface area contributed by atoms with Gasteiger partial charge in [-0.25, -0.2) is 9.78 Å². The molecule has 0 radical (unpaired) electrons. The first kappa shape index (κ1) is 15.4. The van der Waals surface area contributed by atoms with Crippen molar-refractivity contribution in [3.63, 3.8) is 0 Å².